The third-order valence-corrected chi connectivity index (χ3v) is 2.02. The first-order valence-corrected chi connectivity index (χ1v) is 4.80. The lowest BCUT2D eigenvalue weighted by atomic mass is 10.2. The third-order valence-electron chi connectivity index (χ3n) is 1.71. The average molecular weight is 213 g/mol. The summed E-state index contributed by atoms with van der Waals surface area (Å²) in [5, 5.41) is 7.82. The Hall–Kier alpha value is -1.22. The predicted octanol–water partition coefficient (Wildman–Crippen LogP) is 2.41. The van der Waals surface area contributed by atoms with Crippen LogP contribution in [0.3, 0.4) is 0 Å². The first kappa shape index (κ1) is 10.9. The van der Waals surface area contributed by atoms with Crippen LogP contribution in [0.4, 0.5) is 0 Å². The molecule has 1 rings (SSSR count). The normalized spacial score (nSPS) is 9.86. The number of rotatable bonds is 4. The number of halogens is 1. The van der Waals surface area contributed by atoms with E-state index in [0.29, 0.717) is 22.9 Å². The van der Waals surface area contributed by atoms with Gasteiger partial charge in [-0.1, -0.05) is 24.6 Å². The molecule has 0 unspecified atom stereocenters. The molecular weight excluding hydrogens is 200 g/mol. The van der Waals surface area contributed by atoms with Gasteiger partial charge in [0.2, 0.25) is 0 Å². The molecule has 1 aromatic rings. The van der Waals surface area contributed by atoms with E-state index in [1.165, 1.54) is 0 Å². The van der Waals surface area contributed by atoms with Gasteiger partial charge >= 0.3 is 0 Å². The summed E-state index contributed by atoms with van der Waals surface area (Å²) in [4.78, 5) is 0. The summed E-state index contributed by atoms with van der Waals surface area (Å²) < 4.78 is 5.42. The minimum absolute atomic E-state index is 0.0679. The highest BCUT2D eigenvalue weighted by molar-refractivity contribution is 6.34. The molecule has 4 heteroatoms. The summed E-state index contributed by atoms with van der Waals surface area (Å²) in [7, 11) is 0. The lowest BCUT2D eigenvalue weighted by Crippen LogP contribution is -2.14. The summed E-state index contributed by atoms with van der Waals surface area (Å²) in [6, 6.07) is 5.23. The second-order valence-corrected chi connectivity index (χ2v) is 3.28. The molecule has 3 nitrogen and oxygen atoms in total. The first-order chi connectivity index (χ1) is 6.66. The molecule has 14 heavy (non-hydrogen) atoms. The maximum absolute atomic E-state index is 7.37. The zero-order chi connectivity index (χ0) is 10.6. The van der Waals surface area contributed by atoms with Gasteiger partial charge in [0.05, 0.1) is 17.2 Å². The lowest BCUT2D eigenvalue weighted by molar-refractivity contribution is 0.317. The molecule has 3 N–H and O–H groups in total. The number of ether oxygens (including phenoxy) is 1. The molecule has 0 aromatic heterocycles. The Morgan fingerprint density at radius 2 is 2.29 bits per heavy atom. The van der Waals surface area contributed by atoms with Crippen molar-refractivity contribution in [1.29, 1.82) is 5.41 Å². The van der Waals surface area contributed by atoms with Gasteiger partial charge in [-0.15, -0.1) is 0 Å². The van der Waals surface area contributed by atoms with Gasteiger partial charge in [-0.05, 0) is 18.6 Å². The van der Waals surface area contributed by atoms with Crippen LogP contribution in [-0.4, -0.2) is 12.4 Å². The summed E-state index contributed by atoms with van der Waals surface area (Å²) >= 11 is 5.90. The van der Waals surface area contributed by atoms with Gasteiger partial charge in [-0.2, -0.15) is 0 Å². The fraction of sp³-hybridized carbons (Fsp3) is 0.300. The van der Waals surface area contributed by atoms with Crippen LogP contribution in [0, 0.1) is 5.41 Å². The van der Waals surface area contributed by atoms with Crippen LogP contribution < -0.4 is 10.5 Å². The second kappa shape index (κ2) is 4.86. The van der Waals surface area contributed by atoms with Gasteiger partial charge in [0.25, 0.3) is 0 Å². The van der Waals surface area contributed by atoms with Crippen LogP contribution in [0.15, 0.2) is 18.2 Å². The van der Waals surface area contributed by atoms with E-state index in [1.807, 2.05) is 6.92 Å². The van der Waals surface area contributed by atoms with Crippen molar-refractivity contribution in [1.82, 2.24) is 0 Å². The van der Waals surface area contributed by atoms with E-state index in [-0.39, 0.29) is 5.84 Å². The maximum atomic E-state index is 7.37. The molecule has 0 aliphatic rings. The Bertz CT molecular complexity index is 339. The third kappa shape index (κ3) is 2.39. The van der Waals surface area contributed by atoms with Crippen molar-refractivity contribution in [3.63, 3.8) is 0 Å². The molecule has 0 fully saturated rings. The zero-order valence-electron chi connectivity index (χ0n) is 8.01. The van der Waals surface area contributed by atoms with Gasteiger partial charge in [0, 0.05) is 0 Å². The average Bonchev–Trinajstić information content (AvgIpc) is 2.14. The Kier molecular flexibility index (Phi) is 3.77. The molecule has 0 amide bonds. The summed E-state index contributed by atoms with van der Waals surface area (Å²) in [6.45, 7) is 2.61. The van der Waals surface area contributed by atoms with Crippen LogP contribution in [0.5, 0.6) is 5.75 Å². The number of nitrogen functional groups attached to an aromatic ring is 1. The monoisotopic (exact) mass is 212 g/mol. The molecule has 0 atom stereocenters. The molecule has 0 saturated carbocycles. The molecule has 0 saturated heterocycles. The standard InChI is InChI=1S/C10H13ClN2O/c1-2-6-14-8-5-3-4-7(11)9(8)10(12)13/h3-5H,2,6H2,1H3,(H3,12,13). The van der Waals surface area contributed by atoms with E-state index in [4.69, 9.17) is 27.5 Å². The molecule has 0 heterocycles. The molecule has 1 aromatic carbocycles. The highest BCUT2D eigenvalue weighted by atomic mass is 35.5. The molecule has 0 spiro atoms. The predicted molar refractivity (Wildman–Crippen MR) is 58.3 cm³/mol. The van der Waals surface area contributed by atoms with E-state index < -0.39 is 0 Å². The highest BCUT2D eigenvalue weighted by Gasteiger charge is 2.10. The topological polar surface area (TPSA) is 59.1 Å². The van der Waals surface area contributed by atoms with Crippen molar-refractivity contribution in [2.75, 3.05) is 6.61 Å². The summed E-state index contributed by atoms with van der Waals surface area (Å²) in [5.41, 5.74) is 5.88. The van der Waals surface area contributed by atoms with Crippen molar-refractivity contribution in [3.8, 4) is 5.75 Å². The zero-order valence-corrected chi connectivity index (χ0v) is 8.77. The molecule has 0 aliphatic heterocycles. The van der Waals surface area contributed by atoms with E-state index >= 15 is 0 Å². The molecule has 0 radical (unpaired) electrons. The molecule has 76 valence electrons. The fourth-order valence-corrected chi connectivity index (χ4v) is 1.37. The second-order valence-electron chi connectivity index (χ2n) is 2.88. The van der Waals surface area contributed by atoms with Crippen LogP contribution in [0.2, 0.25) is 5.02 Å². The number of benzene rings is 1. The van der Waals surface area contributed by atoms with Crippen LogP contribution in [0.1, 0.15) is 18.9 Å². The van der Waals surface area contributed by atoms with Gasteiger partial charge in [0.15, 0.2) is 0 Å². The lowest BCUT2D eigenvalue weighted by Gasteiger charge is -2.10. The SMILES string of the molecule is CCCOc1cccc(Cl)c1C(=N)N. The number of nitrogens with one attached hydrogen (secondary N) is 1. The number of hydrogen-bond acceptors (Lipinski definition) is 2. The number of nitrogens with two attached hydrogens (primary N) is 1. The summed E-state index contributed by atoms with van der Waals surface area (Å²) in [5.74, 6) is 0.508. The van der Waals surface area contributed by atoms with E-state index in [9.17, 15) is 0 Å². The maximum Gasteiger partial charge on any atom is 0.131 e. The van der Waals surface area contributed by atoms with Crippen molar-refractivity contribution in [3.05, 3.63) is 28.8 Å². The van der Waals surface area contributed by atoms with E-state index in [0.717, 1.165) is 6.42 Å². The largest absolute Gasteiger partial charge is 0.493 e. The van der Waals surface area contributed by atoms with Gasteiger partial charge in [0.1, 0.15) is 11.6 Å². The van der Waals surface area contributed by atoms with Crippen molar-refractivity contribution in [2.24, 2.45) is 5.73 Å². The van der Waals surface area contributed by atoms with Gasteiger partial charge in [-0.25, -0.2) is 0 Å². The quantitative estimate of drug-likeness (QED) is 0.595. The van der Waals surface area contributed by atoms with Gasteiger partial charge < -0.3 is 10.5 Å². The number of hydrogen-bond donors (Lipinski definition) is 2. The van der Waals surface area contributed by atoms with E-state index in [2.05, 4.69) is 0 Å². The van der Waals surface area contributed by atoms with Crippen LogP contribution >= 0.6 is 11.6 Å². The Morgan fingerprint density at radius 3 is 2.86 bits per heavy atom. The molecular formula is C10H13ClN2O. The van der Waals surface area contributed by atoms with Crippen molar-refractivity contribution in [2.45, 2.75) is 13.3 Å². The highest BCUT2D eigenvalue weighted by Crippen LogP contribution is 2.25. The fourth-order valence-electron chi connectivity index (χ4n) is 1.10. The Labute approximate surface area is 88.3 Å². The van der Waals surface area contributed by atoms with Crippen molar-refractivity contribution < 1.29 is 4.74 Å². The Morgan fingerprint density at radius 1 is 1.57 bits per heavy atom. The molecule has 0 aliphatic carbocycles. The smallest absolute Gasteiger partial charge is 0.131 e. The molecule has 0 bridgehead atoms. The Balaban J connectivity index is 3.02. The van der Waals surface area contributed by atoms with E-state index in [1.54, 1.807) is 18.2 Å². The number of amidine groups is 1. The minimum Gasteiger partial charge on any atom is -0.493 e. The minimum atomic E-state index is -0.0679. The van der Waals surface area contributed by atoms with Crippen LogP contribution in [0.25, 0.3) is 0 Å². The van der Waals surface area contributed by atoms with Crippen LogP contribution in [-0.2, 0) is 0 Å². The van der Waals surface area contributed by atoms with Gasteiger partial charge in [-0.3, -0.25) is 5.41 Å². The summed E-state index contributed by atoms with van der Waals surface area (Å²) in [6.07, 6.45) is 0.907. The first-order valence-electron chi connectivity index (χ1n) is 4.42. The van der Waals surface area contributed by atoms with Crippen molar-refractivity contribution >= 4 is 17.4 Å².